The van der Waals surface area contributed by atoms with Crippen LogP contribution in [0.3, 0.4) is 0 Å². The van der Waals surface area contributed by atoms with Crippen LogP contribution < -0.4 is 16.2 Å². The van der Waals surface area contributed by atoms with E-state index in [2.05, 4.69) is 16.2 Å². The Kier molecular flexibility index (Phi) is 5.15. The van der Waals surface area contributed by atoms with Crippen molar-refractivity contribution < 1.29 is 14.4 Å². The Labute approximate surface area is 159 Å². The Hall–Kier alpha value is -2.97. The molecule has 0 unspecified atom stereocenters. The van der Waals surface area contributed by atoms with Gasteiger partial charge in [-0.1, -0.05) is 29.8 Å². The Bertz CT molecular complexity index is 883. The number of hydrogen-bond donors (Lipinski definition) is 3. The van der Waals surface area contributed by atoms with Crippen LogP contribution in [-0.4, -0.2) is 34.3 Å². The maximum Gasteiger partial charge on any atom is 0.262 e. The fourth-order valence-corrected chi connectivity index (χ4v) is 2.78. The number of hydrazine groups is 1. The summed E-state index contributed by atoms with van der Waals surface area (Å²) in [6.45, 7) is -0.418. The average molecular weight is 389 g/mol. The number of amides is 3. The Morgan fingerprint density at radius 1 is 1.00 bits per heavy atom. The van der Waals surface area contributed by atoms with Crippen LogP contribution in [-0.2, 0) is 4.79 Å². The molecule has 7 nitrogen and oxygen atoms in total. The number of anilines is 1. The quantitative estimate of drug-likeness (QED) is 0.423. The largest absolute Gasteiger partial charge is 0.331 e. The summed E-state index contributed by atoms with van der Waals surface area (Å²) in [5.74, 6) is -1.59. The van der Waals surface area contributed by atoms with Gasteiger partial charge < -0.3 is 5.32 Å². The van der Waals surface area contributed by atoms with E-state index < -0.39 is 24.3 Å². The van der Waals surface area contributed by atoms with Crippen LogP contribution in [0.5, 0.6) is 0 Å². The zero-order chi connectivity index (χ0) is 18.7. The molecule has 0 radical (unpaired) electrons. The molecule has 26 heavy (non-hydrogen) atoms. The van der Waals surface area contributed by atoms with Crippen molar-refractivity contribution in [3.8, 4) is 0 Å². The lowest BCUT2D eigenvalue weighted by molar-refractivity contribution is -0.121. The zero-order valence-corrected chi connectivity index (χ0v) is 14.9. The molecule has 3 rings (SSSR count). The second kappa shape index (κ2) is 7.51. The molecule has 2 aromatic rings. The van der Waals surface area contributed by atoms with E-state index in [1.54, 1.807) is 48.5 Å². The number of nitrogens with one attached hydrogen (secondary N) is 3. The van der Waals surface area contributed by atoms with Crippen LogP contribution in [0, 0.1) is 0 Å². The molecule has 1 aliphatic heterocycles. The molecular formula is C17H13ClN4O3S. The molecule has 1 heterocycles. The lowest BCUT2D eigenvalue weighted by atomic mass is 10.1. The highest BCUT2D eigenvalue weighted by molar-refractivity contribution is 7.80. The SMILES string of the molecule is O=C(CN1C(=O)c2ccccc2C1=O)NNC(=S)Nc1cccc(Cl)c1. The lowest BCUT2D eigenvalue weighted by Crippen LogP contribution is -2.48. The number of thiocarbonyl (C=S) groups is 1. The number of carbonyl (C=O) groups excluding carboxylic acids is 3. The second-order valence-electron chi connectivity index (χ2n) is 5.38. The van der Waals surface area contributed by atoms with Crippen molar-refractivity contribution in [1.29, 1.82) is 0 Å². The van der Waals surface area contributed by atoms with Crippen LogP contribution in [0.4, 0.5) is 5.69 Å². The van der Waals surface area contributed by atoms with E-state index in [0.717, 1.165) is 4.90 Å². The molecule has 0 aliphatic carbocycles. The van der Waals surface area contributed by atoms with E-state index in [-0.39, 0.29) is 16.2 Å². The van der Waals surface area contributed by atoms with Crippen molar-refractivity contribution in [3.63, 3.8) is 0 Å². The Morgan fingerprint density at radius 2 is 1.65 bits per heavy atom. The third-order valence-corrected chi connectivity index (χ3v) is 4.02. The summed E-state index contributed by atoms with van der Waals surface area (Å²) >= 11 is 10.9. The van der Waals surface area contributed by atoms with Gasteiger partial charge in [0.15, 0.2) is 5.11 Å². The number of carbonyl (C=O) groups is 3. The molecule has 3 amide bonds. The van der Waals surface area contributed by atoms with E-state index in [1.807, 2.05) is 0 Å². The van der Waals surface area contributed by atoms with Gasteiger partial charge in [0, 0.05) is 10.7 Å². The highest BCUT2D eigenvalue weighted by Gasteiger charge is 2.36. The summed E-state index contributed by atoms with van der Waals surface area (Å²) in [5.41, 5.74) is 6.06. The van der Waals surface area contributed by atoms with Gasteiger partial charge in [0.25, 0.3) is 17.7 Å². The van der Waals surface area contributed by atoms with E-state index in [9.17, 15) is 14.4 Å². The number of rotatable bonds is 3. The Morgan fingerprint density at radius 3 is 2.27 bits per heavy atom. The Balaban J connectivity index is 1.53. The van der Waals surface area contributed by atoms with Crippen LogP contribution in [0.2, 0.25) is 5.02 Å². The number of benzene rings is 2. The van der Waals surface area contributed by atoms with Crippen molar-refractivity contribution in [2.24, 2.45) is 0 Å². The standard InChI is InChI=1S/C17H13ClN4O3S/c18-10-4-3-5-11(8-10)19-17(26)21-20-14(23)9-22-15(24)12-6-1-2-7-13(12)16(22)25/h1-8H,9H2,(H,20,23)(H2,19,21,26). The third kappa shape index (κ3) is 3.81. The van der Waals surface area contributed by atoms with Gasteiger partial charge in [-0.2, -0.15) is 0 Å². The first-order chi connectivity index (χ1) is 12.5. The molecule has 0 atom stereocenters. The monoisotopic (exact) mass is 388 g/mol. The highest BCUT2D eigenvalue weighted by Crippen LogP contribution is 2.21. The number of hydrogen-bond acceptors (Lipinski definition) is 4. The molecule has 0 bridgehead atoms. The first-order valence-corrected chi connectivity index (χ1v) is 8.31. The van der Waals surface area contributed by atoms with Crippen LogP contribution >= 0.6 is 23.8 Å². The molecule has 0 saturated carbocycles. The second-order valence-corrected chi connectivity index (χ2v) is 6.22. The first kappa shape index (κ1) is 17.8. The zero-order valence-electron chi connectivity index (χ0n) is 13.3. The van der Waals surface area contributed by atoms with E-state index in [1.165, 1.54) is 0 Å². The van der Waals surface area contributed by atoms with Gasteiger partial charge in [0.1, 0.15) is 6.54 Å². The van der Waals surface area contributed by atoms with Crippen molar-refractivity contribution in [2.45, 2.75) is 0 Å². The van der Waals surface area contributed by atoms with Gasteiger partial charge >= 0.3 is 0 Å². The number of fused-ring (bicyclic) bond motifs is 1. The predicted molar refractivity (Wildman–Crippen MR) is 101 cm³/mol. The molecule has 132 valence electrons. The minimum absolute atomic E-state index is 0.128. The number of halogens is 1. The first-order valence-electron chi connectivity index (χ1n) is 7.52. The molecular weight excluding hydrogens is 376 g/mol. The van der Waals surface area contributed by atoms with E-state index in [0.29, 0.717) is 10.7 Å². The topological polar surface area (TPSA) is 90.5 Å². The van der Waals surface area contributed by atoms with Crippen LogP contribution in [0.1, 0.15) is 20.7 Å². The summed E-state index contributed by atoms with van der Waals surface area (Å²) in [6, 6.07) is 13.3. The lowest BCUT2D eigenvalue weighted by Gasteiger charge is -2.15. The molecule has 0 fully saturated rings. The smallest absolute Gasteiger partial charge is 0.262 e. The summed E-state index contributed by atoms with van der Waals surface area (Å²) in [5, 5.41) is 3.50. The molecule has 0 aromatic heterocycles. The summed E-state index contributed by atoms with van der Waals surface area (Å²) in [6.07, 6.45) is 0. The molecule has 3 N–H and O–H groups in total. The predicted octanol–water partition coefficient (Wildman–Crippen LogP) is 1.95. The number of imide groups is 1. The van der Waals surface area contributed by atoms with Crippen molar-refractivity contribution in [1.82, 2.24) is 15.8 Å². The molecule has 0 spiro atoms. The minimum atomic E-state index is -0.588. The normalized spacial score (nSPS) is 12.6. The van der Waals surface area contributed by atoms with E-state index >= 15 is 0 Å². The maximum atomic E-state index is 12.2. The minimum Gasteiger partial charge on any atom is -0.331 e. The number of nitrogens with zero attached hydrogens (tertiary/aromatic N) is 1. The molecule has 9 heteroatoms. The van der Waals surface area contributed by atoms with Gasteiger partial charge in [-0.05, 0) is 42.5 Å². The average Bonchev–Trinajstić information content (AvgIpc) is 2.85. The fourth-order valence-electron chi connectivity index (χ4n) is 2.42. The van der Waals surface area contributed by atoms with Crippen LogP contribution in [0.25, 0.3) is 0 Å². The highest BCUT2D eigenvalue weighted by atomic mass is 35.5. The van der Waals surface area contributed by atoms with Crippen molar-refractivity contribution in [2.75, 3.05) is 11.9 Å². The van der Waals surface area contributed by atoms with Gasteiger partial charge in [0.05, 0.1) is 11.1 Å². The summed E-state index contributed by atoms with van der Waals surface area (Å²) < 4.78 is 0. The summed E-state index contributed by atoms with van der Waals surface area (Å²) in [7, 11) is 0. The van der Waals surface area contributed by atoms with Gasteiger partial charge in [-0.3, -0.25) is 30.1 Å². The molecule has 2 aromatic carbocycles. The fraction of sp³-hybridized carbons (Fsp3) is 0.0588. The van der Waals surface area contributed by atoms with Crippen molar-refractivity contribution in [3.05, 3.63) is 64.7 Å². The maximum absolute atomic E-state index is 12.2. The molecule has 1 aliphatic rings. The summed E-state index contributed by atoms with van der Waals surface area (Å²) in [4.78, 5) is 37.3. The van der Waals surface area contributed by atoms with Gasteiger partial charge in [0.2, 0.25) is 0 Å². The van der Waals surface area contributed by atoms with Gasteiger partial charge in [-0.25, -0.2) is 0 Å². The molecule has 0 saturated heterocycles. The third-order valence-electron chi connectivity index (χ3n) is 3.58. The van der Waals surface area contributed by atoms with E-state index in [4.69, 9.17) is 23.8 Å². The van der Waals surface area contributed by atoms with Gasteiger partial charge in [-0.15, -0.1) is 0 Å². The van der Waals surface area contributed by atoms with Crippen molar-refractivity contribution >= 4 is 52.3 Å². The van der Waals surface area contributed by atoms with Crippen LogP contribution in [0.15, 0.2) is 48.5 Å².